The summed E-state index contributed by atoms with van der Waals surface area (Å²) in [6.45, 7) is 1.17. The number of urea groups is 1. The van der Waals surface area contributed by atoms with Gasteiger partial charge in [-0.25, -0.2) is 9.78 Å². The van der Waals surface area contributed by atoms with Crippen molar-refractivity contribution in [2.45, 2.75) is 5.92 Å². The van der Waals surface area contributed by atoms with E-state index in [0.717, 1.165) is 0 Å². The zero-order valence-electron chi connectivity index (χ0n) is 13.7. The number of hydrogen-bond acceptors (Lipinski definition) is 5. The van der Waals surface area contributed by atoms with E-state index in [-0.39, 0.29) is 11.9 Å². The predicted molar refractivity (Wildman–Crippen MR) is 93.9 cm³/mol. The number of carbonyl (C=O) groups is 2. The van der Waals surface area contributed by atoms with E-state index >= 15 is 0 Å². The first-order valence-corrected chi connectivity index (χ1v) is 8.12. The Kier molecular flexibility index (Phi) is 3.86. The number of nitrogens with one attached hydrogen (secondary N) is 1. The largest absolute Gasteiger partial charge is 0.439 e. The summed E-state index contributed by atoms with van der Waals surface area (Å²) in [5, 5.41) is 12.2. The smallest absolute Gasteiger partial charge is 0.321 e. The fourth-order valence-corrected chi connectivity index (χ4v) is 2.93. The van der Waals surface area contributed by atoms with Gasteiger partial charge in [0.05, 0.1) is 6.07 Å². The molecule has 1 aliphatic heterocycles. The Hall–Kier alpha value is -3.66. The van der Waals surface area contributed by atoms with Crippen LogP contribution in [-0.2, 0) is 0 Å². The highest BCUT2D eigenvalue weighted by Gasteiger charge is 2.28. The summed E-state index contributed by atoms with van der Waals surface area (Å²) in [5.41, 5.74) is 2.20. The summed E-state index contributed by atoms with van der Waals surface area (Å²) in [6.07, 6.45) is 0. The first kappa shape index (κ1) is 15.8. The number of hydrogen-bond donors (Lipinski definition) is 1. The van der Waals surface area contributed by atoms with Gasteiger partial charge in [0.2, 0.25) is 5.89 Å². The number of oxazole rings is 1. The summed E-state index contributed by atoms with van der Waals surface area (Å²) in [7, 11) is 0. The average molecular weight is 346 g/mol. The summed E-state index contributed by atoms with van der Waals surface area (Å²) in [6, 6.07) is 15.5. The maximum absolute atomic E-state index is 12.7. The Morgan fingerprint density at radius 1 is 1.23 bits per heavy atom. The van der Waals surface area contributed by atoms with Crippen molar-refractivity contribution in [2.75, 3.05) is 18.0 Å². The van der Waals surface area contributed by atoms with Gasteiger partial charge in [0.25, 0.3) is 0 Å². The Labute approximate surface area is 148 Å². The maximum atomic E-state index is 12.7. The van der Waals surface area contributed by atoms with E-state index in [9.17, 15) is 14.9 Å². The lowest BCUT2D eigenvalue weighted by molar-refractivity contribution is 0.0970. The van der Waals surface area contributed by atoms with Gasteiger partial charge in [-0.2, -0.15) is 5.26 Å². The third-order valence-electron chi connectivity index (χ3n) is 4.27. The van der Waals surface area contributed by atoms with E-state index in [4.69, 9.17) is 4.42 Å². The molecule has 1 aliphatic rings. The Bertz CT molecular complexity index is 1000. The summed E-state index contributed by atoms with van der Waals surface area (Å²) in [5.74, 6) is -1.43. The van der Waals surface area contributed by atoms with Crippen molar-refractivity contribution in [3.63, 3.8) is 0 Å². The van der Waals surface area contributed by atoms with Gasteiger partial charge in [-0.3, -0.25) is 9.69 Å². The van der Waals surface area contributed by atoms with Crippen molar-refractivity contribution in [1.82, 2.24) is 10.3 Å². The molecule has 2 heterocycles. The molecule has 2 amide bonds. The van der Waals surface area contributed by atoms with Crippen LogP contribution in [0.2, 0.25) is 0 Å². The topological polar surface area (TPSA) is 99.2 Å². The highest BCUT2D eigenvalue weighted by atomic mass is 16.3. The first-order chi connectivity index (χ1) is 12.7. The molecule has 1 fully saturated rings. The molecule has 26 heavy (non-hydrogen) atoms. The van der Waals surface area contributed by atoms with Gasteiger partial charge in [0.15, 0.2) is 17.3 Å². The molecule has 1 aromatic heterocycles. The van der Waals surface area contributed by atoms with Crippen molar-refractivity contribution in [3.8, 4) is 6.07 Å². The van der Waals surface area contributed by atoms with Crippen LogP contribution >= 0.6 is 0 Å². The van der Waals surface area contributed by atoms with Crippen LogP contribution in [0.3, 0.4) is 0 Å². The Morgan fingerprint density at radius 3 is 2.65 bits per heavy atom. The van der Waals surface area contributed by atoms with E-state index in [1.807, 2.05) is 12.1 Å². The summed E-state index contributed by atoms with van der Waals surface area (Å²) in [4.78, 5) is 30.3. The second kappa shape index (κ2) is 6.33. The monoisotopic (exact) mass is 346 g/mol. The second-order valence-corrected chi connectivity index (χ2v) is 5.88. The van der Waals surface area contributed by atoms with Crippen molar-refractivity contribution >= 4 is 28.6 Å². The number of anilines is 1. The molecule has 1 atom stereocenters. The number of ketones is 1. The lowest BCUT2D eigenvalue weighted by Crippen LogP contribution is -2.27. The molecule has 3 aromatic rings. The molecule has 1 N–H and O–H groups in total. The number of aromatic nitrogens is 1. The van der Waals surface area contributed by atoms with Crippen LogP contribution in [0.4, 0.5) is 10.5 Å². The minimum Gasteiger partial charge on any atom is -0.439 e. The van der Waals surface area contributed by atoms with Gasteiger partial charge in [0.1, 0.15) is 5.52 Å². The molecular weight excluding hydrogens is 332 g/mol. The van der Waals surface area contributed by atoms with Crippen LogP contribution < -0.4 is 10.2 Å². The number of fused-ring (bicyclic) bond motifs is 1. The van der Waals surface area contributed by atoms with E-state index in [1.54, 1.807) is 47.4 Å². The zero-order valence-corrected chi connectivity index (χ0v) is 13.7. The molecule has 0 spiro atoms. The Balaban J connectivity index is 1.61. The number of rotatable bonds is 4. The molecule has 0 aliphatic carbocycles. The maximum Gasteiger partial charge on any atom is 0.321 e. The minimum absolute atomic E-state index is 0.0849. The minimum atomic E-state index is -1.12. The SMILES string of the molecule is N#C[C@@H](C(=O)c1ccc(N2CCNC2=O)cc1)c1nc2ccccc2o1. The van der Waals surface area contributed by atoms with Gasteiger partial charge in [-0.15, -0.1) is 0 Å². The highest BCUT2D eigenvalue weighted by molar-refractivity contribution is 6.03. The number of nitrogens with zero attached hydrogens (tertiary/aromatic N) is 3. The van der Waals surface area contributed by atoms with Crippen LogP contribution in [0.25, 0.3) is 11.1 Å². The summed E-state index contributed by atoms with van der Waals surface area (Å²) >= 11 is 0. The van der Waals surface area contributed by atoms with Crippen molar-refractivity contribution in [1.29, 1.82) is 5.26 Å². The van der Waals surface area contributed by atoms with Gasteiger partial charge in [-0.1, -0.05) is 12.1 Å². The van der Waals surface area contributed by atoms with E-state index in [0.29, 0.717) is 35.4 Å². The van der Waals surface area contributed by atoms with Crippen LogP contribution in [0.1, 0.15) is 22.2 Å². The van der Waals surface area contributed by atoms with Gasteiger partial charge in [0, 0.05) is 24.3 Å². The molecule has 7 heteroatoms. The third kappa shape index (κ3) is 2.67. The molecule has 128 valence electrons. The van der Waals surface area contributed by atoms with Gasteiger partial charge >= 0.3 is 6.03 Å². The van der Waals surface area contributed by atoms with Gasteiger partial charge < -0.3 is 9.73 Å². The molecule has 2 aromatic carbocycles. The molecule has 1 saturated heterocycles. The van der Waals surface area contributed by atoms with E-state index in [1.165, 1.54) is 0 Å². The average Bonchev–Trinajstić information content (AvgIpc) is 3.28. The van der Waals surface area contributed by atoms with Crippen molar-refractivity contribution in [3.05, 3.63) is 60.0 Å². The fourth-order valence-electron chi connectivity index (χ4n) is 2.93. The number of nitriles is 1. The highest BCUT2D eigenvalue weighted by Crippen LogP contribution is 2.25. The van der Waals surface area contributed by atoms with E-state index < -0.39 is 11.7 Å². The number of Topliss-reactive ketones (excluding diaryl/α,β-unsaturated/α-hetero) is 1. The molecule has 0 saturated carbocycles. The summed E-state index contributed by atoms with van der Waals surface area (Å²) < 4.78 is 5.57. The lowest BCUT2D eigenvalue weighted by Gasteiger charge is -2.14. The second-order valence-electron chi connectivity index (χ2n) is 5.88. The molecule has 4 rings (SSSR count). The van der Waals surface area contributed by atoms with Crippen LogP contribution in [0, 0.1) is 11.3 Å². The number of amides is 2. The van der Waals surface area contributed by atoms with Gasteiger partial charge in [-0.05, 0) is 36.4 Å². The molecule has 0 bridgehead atoms. The molecule has 0 unspecified atom stereocenters. The number of benzene rings is 2. The standard InChI is InChI=1S/C19H14N4O3/c20-11-14(18-22-15-3-1-2-4-16(15)26-18)17(24)12-5-7-13(8-6-12)23-10-9-21-19(23)25/h1-8,14H,9-10H2,(H,21,25)/t14-/m0/s1. The zero-order chi connectivity index (χ0) is 18.1. The fraction of sp³-hybridized carbons (Fsp3) is 0.158. The predicted octanol–water partition coefficient (Wildman–Crippen LogP) is 2.85. The molecular formula is C19H14N4O3. The normalized spacial score (nSPS) is 14.9. The third-order valence-corrected chi connectivity index (χ3v) is 4.27. The lowest BCUT2D eigenvalue weighted by atomic mass is 9.98. The van der Waals surface area contributed by atoms with Crippen molar-refractivity contribution in [2.24, 2.45) is 0 Å². The molecule has 0 radical (unpaired) electrons. The van der Waals surface area contributed by atoms with Crippen LogP contribution in [0.5, 0.6) is 0 Å². The van der Waals surface area contributed by atoms with E-state index in [2.05, 4.69) is 10.3 Å². The Morgan fingerprint density at radius 2 is 2.00 bits per heavy atom. The van der Waals surface area contributed by atoms with Crippen molar-refractivity contribution < 1.29 is 14.0 Å². The number of para-hydroxylation sites is 2. The first-order valence-electron chi connectivity index (χ1n) is 8.12. The number of carbonyl (C=O) groups excluding carboxylic acids is 2. The van der Waals surface area contributed by atoms with Crippen LogP contribution in [0.15, 0.2) is 52.9 Å². The quantitative estimate of drug-likeness (QED) is 0.732. The molecule has 7 nitrogen and oxygen atoms in total. The van der Waals surface area contributed by atoms with Crippen LogP contribution in [-0.4, -0.2) is 29.9 Å².